The molecule has 2 aromatic rings. The first-order valence-corrected chi connectivity index (χ1v) is 7.93. The molecule has 0 fully saturated rings. The third-order valence-electron chi connectivity index (χ3n) is 3.12. The number of rotatable bonds is 4. The van der Waals surface area contributed by atoms with Crippen LogP contribution in [0, 0.1) is 12.7 Å². The van der Waals surface area contributed by atoms with E-state index in [0.29, 0.717) is 16.8 Å². The monoisotopic (exact) mass is 308 g/mol. The third-order valence-corrected chi connectivity index (χ3v) is 4.65. The van der Waals surface area contributed by atoms with Crippen molar-refractivity contribution in [3.8, 4) is 0 Å². The van der Waals surface area contributed by atoms with Gasteiger partial charge in [-0.15, -0.1) is 0 Å². The maximum Gasteiger partial charge on any atom is 0.262 e. The standard InChI is InChI=1S/C15H17FN2O2S/c1-10-9-12(16)7-8-15(10)21(19,20)18-14-6-4-3-5-13(14)11(2)17/h3-9,11,18H,17H2,1-2H3. The minimum Gasteiger partial charge on any atom is -0.324 e. The fraction of sp³-hybridized carbons (Fsp3) is 0.200. The molecule has 0 aromatic heterocycles. The Morgan fingerprint density at radius 1 is 1.19 bits per heavy atom. The molecular weight excluding hydrogens is 291 g/mol. The van der Waals surface area contributed by atoms with Gasteiger partial charge in [0, 0.05) is 6.04 Å². The lowest BCUT2D eigenvalue weighted by atomic mass is 10.1. The van der Waals surface area contributed by atoms with Crippen molar-refractivity contribution >= 4 is 15.7 Å². The molecule has 0 amide bonds. The number of nitrogens with two attached hydrogens (primary N) is 1. The van der Waals surface area contributed by atoms with E-state index < -0.39 is 15.8 Å². The van der Waals surface area contributed by atoms with Crippen molar-refractivity contribution in [1.82, 2.24) is 0 Å². The third kappa shape index (κ3) is 3.40. The van der Waals surface area contributed by atoms with Gasteiger partial charge in [0.2, 0.25) is 0 Å². The zero-order valence-electron chi connectivity index (χ0n) is 11.8. The maximum atomic E-state index is 13.1. The average Bonchev–Trinajstić information content (AvgIpc) is 2.37. The second-order valence-corrected chi connectivity index (χ2v) is 6.54. The van der Waals surface area contributed by atoms with Crippen molar-refractivity contribution in [2.75, 3.05) is 4.72 Å². The molecule has 0 spiro atoms. The van der Waals surface area contributed by atoms with Crippen LogP contribution in [0.4, 0.5) is 10.1 Å². The highest BCUT2D eigenvalue weighted by molar-refractivity contribution is 7.92. The van der Waals surface area contributed by atoms with Gasteiger partial charge in [0.05, 0.1) is 10.6 Å². The molecule has 0 aliphatic carbocycles. The van der Waals surface area contributed by atoms with Gasteiger partial charge in [0.15, 0.2) is 0 Å². The van der Waals surface area contributed by atoms with Crippen LogP contribution in [0.2, 0.25) is 0 Å². The van der Waals surface area contributed by atoms with Gasteiger partial charge in [0.25, 0.3) is 10.0 Å². The topological polar surface area (TPSA) is 72.2 Å². The highest BCUT2D eigenvalue weighted by Gasteiger charge is 2.19. The Labute approximate surface area is 123 Å². The summed E-state index contributed by atoms with van der Waals surface area (Å²) in [4.78, 5) is 0.0448. The van der Waals surface area contributed by atoms with E-state index >= 15 is 0 Å². The summed E-state index contributed by atoms with van der Waals surface area (Å²) >= 11 is 0. The molecule has 0 bridgehead atoms. The quantitative estimate of drug-likeness (QED) is 0.912. The van der Waals surface area contributed by atoms with Crippen molar-refractivity contribution in [3.05, 3.63) is 59.4 Å². The minimum absolute atomic E-state index is 0.0448. The van der Waals surface area contributed by atoms with Crippen LogP contribution in [0.5, 0.6) is 0 Å². The summed E-state index contributed by atoms with van der Waals surface area (Å²) in [6.07, 6.45) is 0. The van der Waals surface area contributed by atoms with E-state index in [0.717, 1.165) is 6.07 Å². The number of hydrogen-bond donors (Lipinski definition) is 2. The van der Waals surface area contributed by atoms with Crippen LogP contribution in [0.3, 0.4) is 0 Å². The fourth-order valence-electron chi connectivity index (χ4n) is 2.10. The highest BCUT2D eigenvalue weighted by Crippen LogP contribution is 2.25. The smallest absolute Gasteiger partial charge is 0.262 e. The first kappa shape index (κ1) is 15.5. The van der Waals surface area contributed by atoms with Crippen LogP contribution in [0.25, 0.3) is 0 Å². The molecule has 2 aromatic carbocycles. The Hall–Kier alpha value is -1.92. The van der Waals surface area contributed by atoms with Crippen LogP contribution in [-0.4, -0.2) is 8.42 Å². The molecule has 0 saturated heterocycles. The van der Waals surface area contributed by atoms with Crippen LogP contribution in [-0.2, 0) is 10.0 Å². The number of sulfonamides is 1. The molecule has 4 nitrogen and oxygen atoms in total. The molecule has 1 unspecified atom stereocenters. The summed E-state index contributed by atoms with van der Waals surface area (Å²) in [6.45, 7) is 3.32. The van der Waals surface area contributed by atoms with Crippen molar-refractivity contribution < 1.29 is 12.8 Å². The van der Waals surface area contributed by atoms with Gasteiger partial charge in [-0.25, -0.2) is 12.8 Å². The highest BCUT2D eigenvalue weighted by atomic mass is 32.2. The maximum absolute atomic E-state index is 13.1. The average molecular weight is 308 g/mol. The summed E-state index contributed by atoms with van der Waals surface area (Å²) in [6, 6.07) is 10.2. The van der Waals surface area contributed by atoms with Gasteiger partial charge in [0.1, 0.15) is 5.82 Å². The molecule has 0 aliphatic heterocycles. The predicted octanol–water partition coefficient (Wildman–Crippen LogP) is 2.95. The molecule has 112 valence electrons. The van der Waals surface area contributed by atoms with Gasteiger partial charge in [-0.2, -0.15) is 0 Å². The van der Waals surface area contributed by atoms with E-state index in [1.54, 1.807) is 38.1 Å². The van der Waals surface area contributed by atoms with Gasteiger partial charge in [-0.1, -0.05) is 18.2 Å². The Morgan fingerprint density at radius 2 is 1.86 bits per heavy atom. The summed E-state index contributed by atoms with van der Waals surface area (Å²) in [5.41, 5.74) is 7.31. The molecule has 21 heavy (non-hydrogen) atoms. The van der Waals surface area contributed by atoms with E-state index in [4.69, 9.17) is 5.73 Å². The van der Waals surface area contributed by atoms with Gasteiger partial charge in [-0.3, -0.25) is 4.72 Å². The summed E-state index contributed by atoms with van der Waals surface area (Å²) in [7, 11) is -3.79. The van der Waals surface area contributed by atoms with Crippen molar-refractivity contribution in [1.29, 1.82) is 0 Å². The van der Waals surface area contributed by atoms with Crippen LogP contribution < -0.4 is 10.5 Å². The normalized spacial score (nSPS) is 13.0. The van der Waals surface area contributed by atoms with Gasteiger partial charge < -0.3 is 5.73 Å². The summed E-state index contributed by atoms with van der Waals surface area (Å²) < 4.78 is 40.5. The molecule has 3 N–H and O–H groups in total. The van der Waals surface area contributed by atoms with Crippen molar-refractivity contribution in [3.63, 3.8) is 0 Å². The largest absolute Gasteiger partial charge is 0.324 e. The number of para-hydroxylation sites is 1. The summed E-state index contributed by atoms with van der Waals surface area (Å²) in [5.74, 6) is -0.470. The molecule has 0 heterocycles. The van der Waals surface area contributed by atoms with E-state index in [1.807, 2.05) is 0 Å². The zero-order valence-corrected chi connectivity index (χ0v) is 12.6. The number of aryl methyl sites for hydroxylation is 1. The number of halogens is 1. The van der Waals surface area contributed by atoms with Crippen molar-refractivity contribution in [2.45, 2.75) is 24.8 Å². The number of nitrogens with one attached hydrogen (secondary N) is 1. The Kier molecular flexibility index (Phi) is 4.29. The summed E-state index contributed by atoms with van der Waals surface area (Å²) in [5, 5.41) is 0. The van der Waals surface area contributed by atoms with Crippen LogP contribution in [0.15, 0.2) is 47.4 Å². The lowest BCUT2D eigenvalue weighted by Crippen LogP contribution is -2.17. The van der Waals surface area contributed by atoms with E-state index in [1.165, 1.54) is 12.1 Å². The van der Waals surface area contributed by atoms with Crippen LogP contribution >= 0.6 is 0 Å². The number of hydrogen-bond acceptors (Lipinski definition) is 3. The molecule has 2 rings (SSSR count). The lowest BCUT2D eigenvalue weighted by molar-refractivity contribution is 0.598. The minimum atomic E-state index is -3.79. The Morgan fingerprint density at radius 3 is 2.48 bits per heavy atom. The molecule has 0 aliphatic rings. The molecule has 0 radical (unpaired) electrons. The SMILES string of the molecule is Cc1cc(F)ccc1S(=O)(=O)Nc1ccccc1C(C)N. The number of benzene rings is 2. The molecule has 0 saturated carbocycles. The Balaban J connectivity index is 2.43. The number of anilines is 1. The lowest BCUT2D eigenvalue weighted by Gasteiger charge is -2.15. The van der Waals surface area contributed by atoms with Crippen LogP contribution in [0.1, 0.15) is 24.1 Å². The Bertz CT molecular complexity index is 758. The van der Waals surface area contributed by atoms with Gasteiger partial charge in [-0.05, 0) is 49.2 Å². The van der Waals surface area contributed by atoms with Crippen molar-refractivity contribution in [2.24, 2.45) is 5.73 Å². The van der Waals surface area contributed by atoms with E-state index in [-0.39, 0.29) is 10.9 Å². The fourth-order valence-corrected chi connectivity index (χ4v) is 3.42. The molecule has 1 atom stereocenters. The first-order valence-electron chi connectivity index (χ1n) is 6.45. The molecular formula is C15H17FN2O2S. The van der Waals surface area contributed by atoms with E-state index in [9.17, 15) is 12.8 Å². The van der Waals surface area contributed by atoms with E-state index in [2.05, 4.69) is 4.72 Å². The van der Waals surface area contributed by atoms with Gasteiger partial charge >= 0.3 is 0 Å². The second kappa shape index (κ2) is 5.83. The predicted molar refractivity (Wildman–Crippen MR) is 81.0 cm³/mol. The molecule has 6 heteroatoms. The second-order valence-electron chi connectivity index (χ2n) is 4.89. The zero-order chi connectivity index (χ0) is 15.6. The first-order chi connectivity index (χ1) is 9.81.